The van der Waals surface area contributed by atoms with Gasteiger partial charge in [0.25, 0.3) is 5.91 Å². The molecule has 1 aliphatic rings. The molecule has 0 spiro atoms. The van der Waals surface area contributed by atoms with Gasteiger partial charge in [0.05, 0.1) is 10.7 Å². The van der Waals surface area contributed by atoms with Crippen molar-refractivity contribution < 1.29 is 4.79 Å². The van der Waals surface area contributed by atoms with E-state index >= 15 is 0 Å². The molecule has 5 heteroatoms. The zero-order chi connectivity index (χ0) is 15.4. The van der Waals surface area contributed by atoms with Crippen LogP contribution in [-0.2, 0) is 6.42 Å². The smallest absolute Gasteiger partial charge is 0.263 e. The Hall–Kier alpha value is -1.72. The third kappa shape index (κ3) is 3.72. The molecule has 2 aromatic rings. The number of carbonyl (C=O) groups is 1. The Balaban J connectivity index is 1.67. The van der Waals surface area contributed by atoms with Crippen LogP contribution in [0, 0.1) is 6.92 Å². The number of amides is 1. The Morgan fingerprint density at radius 3 is 2.95 bits per heavy atom. The summed E-state index contributed by atoms with van der Waals surface area (Å²) >= 11 is 1.51. The second kappa shape index (κ2) is 7.03. The molecule has 3 rings (SSSR count). The quantitative estimate of drug-likeness (QED) is 0.911. The largest absolute Gasteiger partial charge is 0.347 e. The fourth-order valence-corrected chi connectivity index (χ4v) is 3.74. The molecule has 1 aromatic heterocycles. The van der Waals surface area contributed by atoms with Gasteiger partial charge in [0.2, 0.25) is 0 Å². The van der Waals surface area contributed by atoms with Crippen LogP contribution < -0.4 is 10.6 Å². The summed E-state index contributed by atoms with van der Waals surface area (Å²) in [6, 6.07) is 10.5. The van der Waals surface area contributed by atoms with Gasteiger partial charge >= 0.3 is 0 Å². The first-order valence-electron chi connectivity index (χ1n) is 7.74. The van der Waals surface area contributed by atoms with E-state index in [0.29, 0.717) is 0 Å². The summed E-state index contributed by atoms with van der Waals surface area (Å²) in [4.78, 5) is 17.7. The molecule has 0 saturated carbocycles. The van der Waals surface area contributed by atoms with Crippen LogP contribution in [0.3, 0.4) is 0 Å². The zero-order valence-corrected chi connectivity index (χ0v) is 13.6. The first-order valence-corrected chi connectivity index (χ1v) is 8.56. The summed E-state index contributed by atoms with van der Waals surface area (Å²) in [6.45, 7) is 3.83. The number of nitrogens with zero attached hydrogens (tertiary/aromatic N) is 1. The van der Waals surface area contributed by atoms with Crippen molar-refractivity contribution in [1.82, 2.24) is 15.6 Å². The van der Waals surface area contributed by atoms with E-state index in [-0.39, 0.29) is 11.9 Å². The number of aromatic nitrogens is 1. The van der Waals surface area contributed by atoms with Crippen molar-refractivity contribution in [2.75, 3.05) is 13.1 Å². The maximum Gasteiger partial charge on any atom is 0.263 e. The van der Waals surface area contributed by atoms with E-state index in [0.717, 1.165) is 47.9 Å². The summed E-state index contributed by atoms with van der Waals surface area (Å²) in [7, 11) is 0. The van der Waals surface area contributed by atoms with Gasteiger partial charge in [-0.2, -0.15) is 0 Å². The number of rotatable bonds is 4. The van der Waals surface area contributed by atoms with E-state index in [1.165, 1.54) is 16.9 Å². The molecule has 116 valence electrons. The van der Waals surface area contributed by atoms with Crippen molar-refractivity contribution in [1.29, 1.82) is 0 Å². The zero-order valence-electron chi connectivity index (χ0n) is 12.8. The number of aryl methyl sites for hydroxylation is 1. The number of thiazole rings is 1. The van der Waals surface area contributed by atoms with Crippen LogP contribution in [0.15, 0.2) is 30.3 Å². The van der Waals surface area contributed by atoms with Crippen molar-refractivity contribution in [2.45, 2.75) is 32.2 Å². The third-order valence-corrected chi connectivity index (χ3v) is 5.03. The molecule has 4 nitrogen and oxygen atoms in total. The predicted octanol–water partition coefficient (Wildman–Crippen LogP) is 2.52. The SMILES string of the molecule is Cc1nc(Cc2ccccc2)sc1C(=O)NC1CCCNC1. The van der Waals surface area contributed by atoms with Gasteiger partial charge < -0.3 is 10.6 Å². The topological polar surface area (TPSA) is 54.0 Å². The third-order valence-electron chi connectivity index (χ3n) is 3.88. The van der Waals surface area contributed by atoms with Crippen LogP contribution in [0.1, 0.15) is 38.8 Å². The number of hydrogen-bond donors (Lipinski definition) is 2. The Bertz CT molecular complexity index is 633. The predicted molar refractivity (Wildman–Crippen MR) is 89.5 cm³/mol. The second-order valence-electron chi connectivity index (χ2n) is 5.70. The normalized spacial score (nSPS) is 18.1. The fraction of sp³-hybridized carbons (Fsp3) is 0.412. The number of piperidine rings is 1. The van der Waals surface area contributed by atoms with Crippen LogP contribution in [0.5, 0.6) is 0 Å². The summed E-state index contributed by atoms with van der Waals surface area (Å²) in [5, 5.41) is 7.44. The minimum Gasteiger partial charge on any atom is -0.347 e. The molecule has 2 N–H and O–H groups in total. The number of hydrogen-bond acceptors (Lipinski definition) is 4. The summed E-state index contributed by atoms with van der Waals surface area (Å²) in [6.07, 6.45) is 2.95. The van der Waals surface area contributed by atoms with Crippen molar-refractivity contribution in [3.8, 4) is 0 Å². The molecule has 2 heterocycles. The molecular formula is C17H21N3OS. The molecule has 1 fully saturated rings. The maximum atomic E-state index is 12.4. The Kier molecular flexibility index (Phi) is 4.85. The van der Waals surface area contributed by atoms with Crippen molar-refractivity contribution in [3.63, 3.8) is 0 Å². The van der Waals surface area contributed by atoms with Gasteiger partial charge in [-0.25, -0.2) is 4.98 Å². The highest BCUT2D eigenvalue weighted by Crippen LogP contribution is 2.21. The van der Waals surface area contributed by atoms with Gasteiger partial charge in [0, 0.05) is 19.0 Å². The van der Waals surface area contributed by atoms with E-state index in [4.69, 9.17) is 0 Å². The summed E-state index contributed by atoms with van der Waals surface area (Å²) < 4.78 is 0. The molecular weight excluding hydrogens is 294 g/mol. The summed E-state index contributed by atoms with van der Waals surface area (Å²) in [5.41, 5.74) is 2.05. The molecule has 1 amide bonds. The first kappa shape index (κ1) is 15.2. The lowest BCUT2D eigenvalue weighted by Gasteiger charge is -2.23. The van der Waals surface area contributed by atoms with E-state index < -0.39 is 0 Å². The van der Waals surface area contributed by atoms with Crippen LogP contribution in [-0.4, -0.2) is 30.0 Å². The second-order valence-corrected chi connectivity index (χ2v) is 6.78. The van der Waals surface area contributed by atoms with E-state index in [1.807, 2.05) is 25.1 Å². The monoisotopic (exact) mass is 315 g/mol. The van der Waals surface area contributed by atoms with Gasteiger partial charge in [-0.05, 0) is 31.9 Å². The molecule has 1 unspecified atom stereocenters. The first-order chi connectivity index (χ1) is 10.7. The van der Waals surface area contributed by atoms with Crippen molar-refractivity contribution >= 4 is 17.2 Å². The molecule has 1 atom stereocenters. The van der Waals surface area contributed by atoms with Crippen LogP contribution in [0.25, 0.3) is 0 Å². The lowest BCUT2D eigenvalue weighted by Crippen LogP contribution is -2.45. The average molecular weight is 315 g/mol. The van der Waals surface area contributed by atoms with Gasteiger partial charge in [0.15, 0.2) is 0 Å². The Morgan fingerprint density at radius 2 is 2.23 bits per heavy atom. The minimum atomic E-state index is 0.0167. The molecule has 0 bridgehead atoms. The van der Waals surface area contributed by atoms with E-state index in [2.05, 4.69) is 27.8 Å². The molecule has 1 aliphatic heterocycles. The lowest BCUT2D eigenvalue weighted by molar-refractivity contribution is 0.0934. The molecule has 22 heavy (non-hydrogen) atoms. The standard InChI is InChI=1S/C17H21N3OS/c1-12-16(17(21)20-14-8-5-9-18-11-14)22-15(19-12)10-13-6-3-2-4-7-13/h2-4,6-7,14,18H,5,8-11H2,1H3,(H,20,21). The van der Waals surface area contributed by atoms with Crippen LogP contribution in [0.2, 0.25) is 0 Å². The van der Waals surface area contributed by atoms with Gasteiger partial charge in [-0.1, -0.05) is 30.3 Å². The van der Waals surface area contributed by atoms with Gasteiger partial charge in [-0.15, -0.1) is 11.3 Å². The van der Waals surface area contributed by atoms with Crippen molar-refractivity contribution in [2.24, 2.45) is 0 Å². The van der Waals surface area contributed by atoms with E-state index in [9.17, 15) is 4.79 Å². The molecule has 1 aromatic carbocycles. The summed E-state index contributed by atoms with van der Waals surface area (Å²) in [5.74, 6) is 0.0167. The van der Waals surface area contributed by atoms with Gasteiger partial charge in [0.1, 0.15) is 4.88 Å². The highest BCUT2D eigenvalue weighted by atomic mass is 32.1. The Morgan fingerprint density at radius 1 is 1.41 bits per heavy atom. The molecule has 1 saturated heterocycles. The lowest BCUT2D eigenvalue weighted by atomic mass is 10.1. The average Bonchev–Trinajstić information content (AvgIpc) is 2.90. The minimum absolute atomic E-state index is 0.0167. The number of benzene rings is 1. The molecule has 0 aliphatic carbocycles. The van der Waals surface area contributed by atoms with Crippen LogP contribution >= 0.6 is 11.3 Å². The fourth-order valence-electron chi connectivity index (χ4n) is 2.74. The Labute approximate surface area is 135 Å². The maximum absolute atomic E-state index is 12.4. The van der Waals surface area contributed by atoms with Gasteiger partial charge in [-0.3, -0.25) is 4.79 Å². The highest BCUT2D eigenvalue weighted by Gasteiger charge is 2.20. The molecule has 0 radical (unpaired) electrons. The number of carbonyl (C=O) groups excluding carboxylic acids is 1. The number of nitrogens with one attached hydrogen (secondary N) is 2. The van der Waals surface area contributed by atoms with Crippen LogP contribution in [0.4, 0.5) is 0 Å². The van der Waals surface area contributed by atoms with Crippen molar-refractivity contribution in [3.05, 3.63) is 51.5 Å². The van der Waals surface area contributed by atoms with E-state index in [1.54, 1.807) is 0 Å². The highest BCUT2D eigenvalue weighted by molar-refractivity contribution is 7.13.